The Hall–Kier alpha value is -2.61. The van der Waals surface area contributed by atoms with E-state index < -0.39 is 0 Å². The van der Waals surface area contributed by atoms with Crippen molar-refractivity contribution in [1.29, 1.82) is 0 Å². The molecule has 1 aliphatic heterocycles. The molecule has 2 heteroatoms. The maximum atomic E-state index is 4.90. The monoisotopic (exact) mass is 312 g/mol. The second-order valence-electron chi connectivity index (χ2n) is 6.71. The number of pyridine rings is 1. The largest absolute Gasteiger partial charge is 0.335 e. The van der Waals surface area contributed by atoms with E-state index in [4.69, 9.17) is 4.98 Å². The Labute approximate surface area is 141 Å². The Kier molecular flexibility index (Phi) is 2.99. The van der Waals surface area contributed by atoms with Gasteiger partial charge in [0.15, 0.2) is 0 Å². The topological polar surface area (TPSA) is 17.8 Å². The van der Waals surface area contributed by atoms with Crippen LogP contribution in [0.25, 0.3) is 32.9 Å². The third-order valence-electron chi connectivity index (χ3n) is 5.27. The van der Waals surface area contributed by atoms with Crippen LogP contribution in [0.4, 0.5) is 0 Å². The highest BCUT2D eigenvalue weighted by atomic mass is 15.0. The summed E-state index contributed by atoms with van der Waals surface area (Å²) < 4.78 is 2.49. The number of unbranched alkanes of at least 4 members (excludes halogenated alkanes) is 1. The highest BCUT2D eigenvalue weighted by Gasteiger charge is 2.24. The van der Waals surface area contributed by atoms with Crippen LogP contribution in [0, 0.1) is 0 Å². The number of nitrogens with zero attached hydrogens (tertiary/aromatic N) is 2. The second-order valence-corrected chi connectivity index (χ2v) is 6.71. The number of para-hydroxylation sites is 1. The number of rotatable bonds is 3. The van der Waals surface area contributed by atoms with Crippen molar-refractivity contribution in [3.8, 4) is 11.1 Å². The third-order valence-corrected chi connectivity index (χ3v) is 5.27. The van der Waals surface area contributed by atoms with Crippen molar-refractivity contribution in [3.05, 3.63) is 66.0 Å². The van der Waals surface area contributed by atoms with E-state index in [1.54, 1.807) is 0 Å². The van der Waals surface area contributed by atoms with Crippen molar-refractivity contribution in [2.75, 3.05) is 0 Å². The van der Waals surface area contributed by atoms with E-state index in [2.05, 4.69) is 66.2 Å². The number of benzene rings is 2. The van der Waals surface area contributed by atoms with Crippen molar-refractivity contribution < 1.29 is 0 Å². The van der Waals surface area contributed by atoms with Crippen molar-refractivity contribution in [1.82, 2.24) is 9.55 Å². The summed E-state index contributed by atoms with van der Waals surface area (Å²) in [6.45, 7) is 3.19. The van der Waals surface area contributed by atoms with Gasteiger partial charge in [-0.05, 0) is 30.0 Å². The highest BCUT2D eigenvalue weighted by Crippen LogP contribution is 2.42. The van der Waals surface area contributed by atoms with Crippen LogP contribution in [0.5, 0.6) is 0 Å². The zero-order valence-corrected chi connectivity index (χ0v) is 13.9. The predicted octanol–water partition coefficient (Wildman–Crippen LogP) is 5.56. The molecule has 5 rings (SSSR count). The van der Waals surface area contributed by atoms with Gasteiger partial charge in [0.1, 0.15) is 0 Å². The Bertz CT molecular complexity index is 1070. The first kappa shape index (κ1) is 13.8. The fourth-order valence-corrected chi connectivity index (χ4v) is 4.13. The molecule has 0 fully saturated rings. The molecular weight excluding hydrogens is 292 g/mol. The van der Waals surface area contributed by atoms with Crippen molar-refractivity contribution in [2.45, 2.75) is 32.7 Å². The average molecular weight is 312 g/mol. The molecule has 0 saturated heterocycles. The zero-order valence-electron chi connectivity index (χ0n) is 13.9. The van der Waals surface area contributed by atoms with Crippen LogP contribution in [0.2, 0.25) is 0 Å². The molecule has 0 unspecified atom stereocenters. The Morgan fingerprint density at radius 3 is 2.75 bits per heavy atom. The van der Waals surface area contributed by atoms with Crippen LogP contribution in [-0.2, 0) is 13.0 Å². The van der Waals surface area contributed by atoms with E-state index in [1.165, 1.54) is 57.0 Å². The number of hydrogen-bond acceptors (Lipinski definition) is 1. The normalized spacial score (nSPS) is 12.7. The molecule has 4 aromatic rings. The van der Waals surface area contributed by atoms with Gasteiger partial charge in [-0.1, -0.05) is 55.8 Å². The number of fused-ring (bicyclic) bond motifs is 5. The lowest BCUT2D eigenvalue weighted by Gasteiger charge is -2.22. The molecule has 0 amide bonds. The minimum absolute atomic E-state index is 0.949. The minimum Gasteiger partial charge on any atom is -0.335 e. The molecule has 0 saturated carbocycles. The van der Waals surface area contributed by atoms with E-state index in [9.17, 15) is 0 Å². The maximum absolute atomic E-state index is 4.90. The molecule has 0 aliphatic carbocycles. The van der Waals surface area contributed by atoms with Crippen LogP contribution in [0.15, 0.2) is 54.7 Å². The summed E-state index contributed by atoms with van der Waals surface area (Å²) in [4.78, 5) is 4.90. The fourth-order valence-electron chi connectivity index (χ4n) is 4.13. The number of aromatic nitrogens is 2. The molecule has 3 heterocycles. The maximum Gasteiger partial charge on any atom is 0.0608 e. The van der Waals surface area contributed by atoms with Crippen molar-refractivity contribution >= 4 is 21.8 Å². The summed E-state index contributed by atoms with van der Waals surface area (Å²) in [6, 6.07) is 17.5. The van der Waals surface area contributed by atoms with Gasteiger partial charge in [-0.2, -0.15) is 0 Å². The summed E-state index contributed by atoms with van der Waals surface area (Å²) in [5.41, 5.74) is 8.07. The lowest BCUT2D eigenvalue weighted by atomic mass is 9.92. The first-order chi connectivity index (χ1) is 11.9. The van der Waals surface area contributed by atoms with Gasteiger partial charge in [0.2, 0.25) is 0 Å². The number of hydrogen-bond donors (Lipinski definition) is 0. The first-order valence-corrected chi connectivity index (χ1v) is 8.85. The molecule has 2 aromatic carbocycles. The molecule has 2 aromatic heterocycles. The standard InChI is InChI=1S/C22H20N2/c1-2-3-11-19-21-16-9-5-4-8-15(16)14-24-20-12-7-6-10-17(20)18(13-23-19)22(21)24/h4-10,12-13H,2-3,11,14H2,1H3. The van der Waals surface area contributed by atoms with Gasteiger partial charge in [0, 0.05) is 34.6 Å². The molecule has 0 atom stereocenters. The predicted molar refractivity (Wildman–Crippen MR) is 100 cm³/mol. The molecule has 118 valence electrons. The van der Waals surface area contributed by atoms with Gasteiger partial charge in [0.05, 0.1) is 11.2 Å². The minimum atomic E-state index is 0.949. The van der Waals surface area contributed by atoms with E-state index in [-0.39, 0.29) is 0 Å². The molecule has 1 aliphatic rings. The second kappa shape index (κ2) is 5.20. The summed E-state index contributed by atoms with van der Waals surface area (Å²) >= 11 is 0. The van der Waals surface area contributed by atoms with Crippen molar-refractivity contribution in [2.24, 2.45) is 0 Å². The van der Waals surface area contributed by atoms with Crippen LogP contribution < -0.4 is 0 Å². The molecule has 0 N–H and O–H groups in total. The van der Waals surface area contributed by atoms with E-state index in [0.717, 1.165) is 13.0 Å². The third kappa shape index (κ3) is 1.80. The lowest BCUT2D eigenvalue weighted by molar-refractivity contribution is 0.775. The van der Waals surface area contributed by atoms with Gasteiger partial charge in [-0.15, -0.1) is 0 Å². The van der Waals surface area contributed by atoms with E-state index in [1.807, 2.05) is 0 Å². The molecule has 2 nitrogen and oxygen atoms in total. The zero-order chi connectivity index (χ0) is 16.1. The van der Waals surface area contributed by atoms with E-state index in [0.29, 0.717) is 0 Å². The SMILES string of the molecule is CCCCc1ncc2c3ccccc3n3c2c1-c1ccccc1C3. The molecule has 0 bridgehead atoms. The lowest BCUT2D eigenvalue weighted by Crippen LogP contribution is -2.09. The van der Waals surface area contributed by atoms with Crippen LogP contribution >= 0.6 is 0 Å². The average Bonchev–Trinajstić information content (AvgIpc) is 2.96. The molecular formula is C22H20N2. The Morgan fingerprint density at radius 2 is 1.83 bits per heavy atom. The molecule has 24 heavy (non-hydrogen) atoms. The fraction of sp³-hybridized carbons (Fsp3) is 0.227. The van der Waals surface area contributed by atoms with Gasteiger partial charge >= 0.3 is 0 Å². The van der Waals surface area contributed by atoms with Gasteiger partial charge < -0.3 is 4.57 Å². The van der Waals surface area contributed by atoms with Gasteiger partial charge in [-0.3, -0.25) is 4.98 Å². The van der Waals surface area contributed by atoms with Gasteiger partial charge in [-0.25, -0.2) is 0 Å². The van der Waals surface area contributed by atoms with Crippen LogP contribution in [-0.4, -0.2) is 9.55 Å². The summed E-state index contributed by atoms with van der Waals surface area (Å²) in [5.74, 6) is 0. The molecule has 0 radical (unpaired) electrons. The Balaban J connectivity index is 1.94. The molecule has 0 spiro atoms. The first-order valence-electron chi connectivity index (χ1n) is 8.85. The summed E-state index contributed by atoms with van der Waals surface area (Å²) in [5, 5.41) is 2.60. The quantitative estimate of drug-likeness (QED) is 0.426. The summed E-state index contributed by atoms with van der Waals surface area (Å²) in [7, 11) is 0. The van der Waals surface area contributed by atoms with Gasteiger partial charge in [0.25, 0.3) is 0 Å². The highest BCUT2D eigenvalue weighted by molar-refractivity contribution is 6.13. The van der Waals surface area contributed by atoms with Crippen molar-refractivity contribution in [3.63, 3.8) is 0 Å². The van der Waals surface area contributed by atoms with Crippen LogP contribution in [0.1, 0.15) is 31.0 Å². The smallest absolute Gasteiger partial charge is 0.0608 e. The Morgan fingerprint density at radius 1 is 1.00 bits per heavy atom. The number of aryl methyl sites for hydroxylation is 1. The van der Waals surface area contributed by atoms with Crippen LogP contribution in [0.3, 0.4) is 0 Å². The van der Waals surface area contributed by atoms with E-state index >= 15 is 0 Å². The summed E-state index contributed by atoms with van der Waals surface area (Å²) in [6.07, 6.45) is 5.53.